The Kier molecular flexibility index (Phi) is 11.8. The lowest BCUT2D eigenvalue weighted by molar-refractivity contribution is -0.120. The number of nitrogens with one attached hydrogen (secondary N) is 1. The Hall–Kier alpha value is -2.21. The fraction of sp³-hybridized carbons (Fsp3) is 0.588. The number of ether oxygens (including phenoxy) is 3. The Morgan fingerprint density at radius 3 is 2.60 bits per heavy atom. The highest BCUT2D eigenvalue weighted by atomic mass is 16.5. The minimum absolute atomic E-state index is 0.144. The molecule has 138 valence electrons. The molecule has 1 rings (SSSR count). The number of amides is 1. The molecule has 0 aromatic carbocycles. The first-order chi connectivity index (χ1) is 12.2. The number of ketones is 1. The van der Waals surface area contributed by atoms with Gasteiger partial charge in [-0.1, -0.05) is 5.92 Å². The number of hydrogen-bond acceptors (Lipinski definition) is 6. The van der Waals surface area contributed by atoms with Crippen LogP contribution in [0.3, 0.4) is 0 Å². The van der Waals surface area contributed by atoms with Gasteiger partial charge in [0.05, 0.1) is 26.4 Å². The molecule has 0 aliphatic rings. The molecule has 0 unspecified atom stereocenters. The number of nitrogens with zero attached hydrogens (tertiary/aromatic N) is 2. The van der Waals surface area contributed by atoms with Gasteiger partial charge in [-0.05, 0) is 6.42 Å². The van der Waals surface area contributed by atoms with Crippen LogP contribution in [0.2, 0.25) is 0 Å². The lowest BCUT2D eigenvalue weighted by Crippen LogP contribution is -2.30. The maximum absolute atomic E-state index is 11.6. The highest BCUT2D eigenvalue weighted by Crippen LogP contribution is 1.97. The number of rotatable bonds is 14. The van der Waals surface area contributed by atoms with Crippen LogP contribution in [0, 0.1) is 12.3 Å². The van der Waals surface area contributed by atoms with Gasteiger partial charge < -0.3 is 19.5 Å². The van der Waals surface area contributed by atoms with E-state index >= 15 is 0 Å². The number of imidazole rings is 1. The highest BCUT2D eigenvalue weighted by Gasteiger charge is 2.02. The molecule has 0 radical (unpaired) electrons. The van der Waals surface area contributed by atoms with Crippen LogP contribution in [0.1, 0.15) is 19.3 Å². The summed E-state index contributed by atoms with van der Waals surface area (Å²) in [5, 5.41) is 2.69. The Labute approximate surface area is 147 Å². The van der Waals surface area contributed by atoms with Crippen LogP contribution in [0.5, 0.6) is 0 Å². The molecule has 0 atom stereocenters. The smallest absolute Gasteiger partial charge is 0.326 e. The molecule has 1 aromatic heterocycles. The predicted octanol–water partition coefficient (Wildman–Crippen LogP) is 0.863. The molecule has 0 aliphatic carbocycles. The molecule has 0 spiro atoms. The molecular weight excluding hydrogens is 326 g/mol. The first kappa shape index (κ1) is 20.8. The van der Waals surface area contributed by atoms with Crippen molar-refractivity contribution in [2.24, 2.45) is 0 Å². The van der Waals surface area contributed by atoms with Crippen LogP contribution in [-0.4, -0.2) is 67.6 Å². The largest absolute Gasteiger partial charge is 0.379 e. The summed E-state index contributed by atoms with van der Waals surface area (Å²) in [6.07, 6.45) is 11.1. The van der Waals surface area contributed by atoms with Crippen molar-refractivity contribution in [1.29, 1.82) is 0 Å². The zero-order valence-corrected chi connectivity index (χ0v) is 14.3. The van der Waals surface area contributed by atoms with E-state index in [-0.39, 0.29) is 18.4 Å². The maximum atomic E-state index is 11.6. The van der Waals surface area contributed by atoms with Gasteiger partial charge in [-0.15, -0.1) is 6.42 Å². The van der Waals surface area contributed by atoms with E-state index in [1.807, 2.05) is 0 Å². The Bertz CT molecular complexity index is 525. The Morgan fingerprint density at radius 1 is 1.08 bits per heavy atom. The minimum Gasteiger partial charge on any atom is -0.379 e. The molecule has 1 heterocycles. The molecule has 0 saturated carbocycles. The summed E-state index contributed by atoms with van der Waals surface area (Å²) in [5.41, 5.74) is 0. The third kappa shape index (κ3) is 11.1. The van der Waals surface area contributed by atoms with Crippen LogP contribution in [0.4, 0.5) is 4.79 Å². The van der Waals surface area contributed by atoms with Crippen LogP contribution in [0.25, 0.3) is 0 Å². The molecule has 1 aromatic rings. The fourth-order valence-corrected chi connectivity index (χ4v) is 1.84. The summed E-state index contributed by atoms with van der Waals surface area (Å²) in [7, 11) is 0. The van der Waals surface area contributed by atoms with Gasteiger partial charge >= 0.3 is 6.03 Å². The molecule has 0 fully saturated rings. The molecule has 0 aliphatic heterocycles. The van der Waals surface area contributed by atoms with Gasteiger partial charge in [0.15, 0.2) is 0 Å². The van der Waals surface area contributed by atoms with Gasteiger partial charge in [-0.2, -0.15) is 0 Å². The summed E-state index contributed by atoms with van der Waals surface area (Å²) in [6.45, 7) is 2.83. The molecular formula is C17H25N3O5. The molecule has 8 nitrogen and oxygen atoms in total. The van der Waals surface area contributed by atoms with Crippen molar-refractivity contribution in [2.75, 3.05) is 46.2 Å². The highest BCUT2D eigenvalue weighted by molar-refractivity contribution is 5.78. The zero-order valence-electron chi connectivity index (χ0n) is 14.3. The number of carbonyl (C=O) groups excluding carboxylic acids is 2. The Morgan fingerprint density at radius 2 is 1.88 bits per heavy atom. The van der Waals surface area contributed by atoms with Gasteiger partial charge in [0.2, 0.25) is 0 Å². The van der Waals surface area contributed by atoms with Gasteiger partial charge in [0.1, 0.15) is 18.7 Å². The standard InChI is InChI=1S/C17H25N3O5/c1-2-9-23-11-5-16(21)4-3-10-24-13-14-25-12-7-19-17(22)20-8-6-18-15-20/h1,6,8,15H,3-5,7,9-14H2,(H,19,22). The summed E-state index contributed by atoms with van der Waals surface area (Å²) in [6, 6.07) is -0.244. The number of Topliss-reactive ketones (excluding diaryl/α,β-unsaturated/α-hetero) is 1. The van der Waals surface area contributed by atoms with Crippen molar-refractivity contribution in [3.63, 3.8) is 0 Å². The minimum atomic E-state index is -0.244. The van der Waals surface area contributed by atoms with E-state index in [2.05, 4.69) is 16.2 Å². The average molecular weight is 351 g/mol. The second-order valence-corrected chi connectivity index (χ2v) is 5.08. The molecule has 0 saturated heterocycles. The van der Waals surface area contributed by atoms with Gasteiger partial charge in [0, 0.05) is 38.4 Å². The van der Waals surface area contributed by atoms with E-state index in [0.717, 1.165) is 0 Å². The summed E-state index contributed by atoms with van der Waals surface area (Å²) >= 11 is 0. The lowest BCUT2D eigenvalue weighted by Gasteiger charge is -2.07. The van der Waals surface area contributed by atoms with Crippen LogP contribution in [-0.2, 0) is 19.0 Å². The van der Waals surface area contributed by atoms with Crippen molar-refractivity contribution in [3.8, 4) is 12.3 Å². The SMILES string of the molecule is C#CCOCCC(=O)CCCOCCOCCNC(=O)n1ccnc1. The molecule has 8 heteroatoms. The monoisotopic (exact) mass is 351 g/mol. The number of aromatic nitrogens is 2. The molecule has 1 N–H and O–H groups in total. The van der Waals surface area contributed by atoms with Gasteiger partial charge in [-0.3, -0.25) is 9.36 Å². The van der Waals surface area contributed by atoms with Crippen molar-refractivity contribution in [1.82, 2.24) is 14.9 Å². The molecule has 25 heavy (non-hydrogen) atoms. The normalized spacial score (nSPS) is 10.4. The van der Waals surface area contributed by atoms with E-state index in [1.165, 1.54) is 17.1 Å². The molecule has 1 amide bonds. The summed E-state index contributed by atoms with van der Waals surface area (Å²) in [5.74, 6) is 2.49. The summed E-state index contributed by atoms with van der Waals surface area (Å²) in [4.78, 5) is 26.8. The first-order valence-electron chi connectivity index (χ1n) is 8.18. The van der Waals surface area contributed by atoms with Crippen molar-refractivity contribution in [2.45, 2.75) is 19.3 Å². The lowest BCUT2D eigenvalue weighted by atomic mass is 10.2. The third-order valence-electron chi connectivity index (χ3n) is 3.09. The number of carbonyl (C=O) groups is 2. The van der Waals surface area contributed by atoms with E-state index in [1.54, 1.807) is 6.20 Å². The Balaban J connectivity index is 1.82. The second kappa shape index (κ2) is 14.2. The number of hydrogen-bond donors (Lipinski definition) is 1. The van der Waals surface area contributed by atoms with Crippen molar-refractivity contribution < 1.29 is 23.8 Å². The van der Waals surface area contributed by atoms with Crippen LogP contribution < -0.4 is 5.32 Å². The topological polar surface area (TPSA) is 91.7 Å². The second-order valence-electron chi connectivity index (χ2n) is 5.08. The number of terminal acetylenes is 1. The first-order valence-corrected chi connectivity index (χ1v) is 8.18. The maximum Gasteiger partial charge on any atom is 0.326 e. The zero-order chi connectivity index (χ0) is 18.2. The quantitative estimate of drug-likeness (QED) is 0.395. The fourth-order valence-electron chi connectivity index (χ4n) is 1.84. The van der Waals surface area contributed by atoms with Gasteiger partial charge in [-0.25, -0.2) is 9.78 Å². The van der Waals surface area contributed by atoms with Crippen LogP contribution in [0.15, 0.2) is 18.7 Å². The van der Waals surface area contributed by atoms with E-state index in [4.69, 9.17) is 20.6 Å². The van der Waals surface area contributed by atoms with E-state index in [0.29, 0.717) is 58.8 Å². The predicted molar refractivity (Wildman–Crippen MR) is 91.2 cm³/mol. The van der Waals surface area contributed by atoms with Crippen molar-refractivity contribution >= 4 is 11.8 Å². The summed E-state index contributed by atoms with van der Waals surface area (Å²) < 4.78 is 17.1. The molecule has 0 bridgehead atoms. The van der Waals surface area contributed by atoms with Gasteiger partial charge in [0.25, 0.3) is 0 Å². The van der Waals surface area contributed by atoms with E-state index in [9.17, 15) is 9.59 Å². The van der Waals surface area contributed by atoms with Crippen LogP contribution >= 0.6 is 0 Å². The van der Waals surface area contributed by atoms with Crippen molar-refractivity contribution in [3.05, 3.63) is 18.7 Å². The van der Waals surface area contributed by atoms with E-state index < -0.39 is 0 Å². The third-order valence-corrected chi connectivity index (χ3v) is 3.09. The average Bonchev–Trinajstić information content (AvgIpc) is 3.15.